The number of aryl methyl sites for hydroxylation is 1. The fraction of sp³-hybridized carbons (Fsp3) is 0.333. The smallest absolute Gasteiger partial charge is 0.133 e. The molecule has 2 rings (SSSR count). The summed E-state index contributed by atoms with van der Waals surface area (Å²) in [5.41, 5.74) is 3.91. The first-order valence-electron chi connectivity index (χ1n) is 7.26. The van der Waals surface area contributed by atoms with Crippen molar-refractivity contribution in [2.75, 3.05) is 13.7 Å². The van der Waals surface area contributed by atoms with E-state index in [9.17, 15) is 0 Å². The van der Waals surface area contributed by atoms with Crippen LogP contribution in [-0.2, 0) is 6.42 Å². The molecule has 0 heterocycles. The minimum Gasteiger partial charge on any atom is -0.496 e. The Balaban J connectivity index is 2.21. The lowest BCUT2D eigenvalue weighted by molar-refractivity contribution is 0.411. The van der Waals surface area contributed by atoms with Crippen LogP contribution >= 0.6 is 15.9 Å². The summed E-state index contributed by atoms with van der Waals surface area (Å²) in [5.74, 6) is 0.865. The van der Waals surface area contributed by atoms with Crippen molar-refractivity contribution in [2.24, 2.45) is 0 Å². The maximum atomic E-state index is 5.30. The first-order valence-corrected chi connectivity index (χ1v) is 8.05. The molecule has 1 unspecified atom stereocenters. The van der Waals surface area contributed by atoms with Gasteiger partial charge in [-0.25, -0.2) is 0 Å². The first kappa shape index (κ1) is 16.1. The van der Waals surface area contributed by atoms with Crippen molar-refractivity contribution in [3.8, 4) is 5.75 Å². The van der Waals surface area contributed by atoms with Gasteiger partial charge in [0.1, 0.15) is 5.75 Å². The Hall–Kier alpha value is -1.32. The molecule has 3 heteroatoms. The standard InChI is InChI=1S/C18H22BrNO/c1-4-20-17(11-14-7-5-13(2)6-8-14)15-9-10-18(21-3)16(19)12-15/h5-10,12,17,20H,4,11H2,1-3H3. The van der Waals surface area contributed by atoms with Crippen molar-refractivity contribution in [3.05, 3.63) is 63.6 Å². The fourth-order valence-electron chi connectivity index (χ4n) is 2.41. The molecule has 2 aromatic carbocycles. The van der Waals surface area contributed by atoms with E-state index in [4.69, 9.17) is 4.74 Å². The Bertz CT molecular complexity index is 580. The van der Waals surface area contributed by atoms with Crippen LogP contribution in [0.3, 0.4) is 0 Å². The molecule has 2 nitrogen and oxygen atoms in total. The predicted molar refractivity (Wildman–Crippen MR) is 92.0 cm³/mol. The predicted octanol–water partition coefficient (Wildman–Crippen LogP) is 4.66. The Morgan fingerprint density at radius 2 is 1.86 bits per heavy atom. The molecule has 0 amide bonds. The first-order chi connectivity index (χ1) is 10.1. The molecule has 2 aromatic rings. The normalized spacial score (nSPS) is 12.2. The van der Waals surface area contributed by atoms with Gasteiger partial charge in [0.25, 0.3) is 0 Å². The molecular formula is C18H22BrNO. The molecule has 0 aliphatic carbocycles. The third kappa shape index (κ3) is 4.32. The molecule has 21 heavy (non-hydrogen) atoms. The highest BCUT2D eigenvalue weighted by molar-refractivity contribution is 9.10. The van der Waals surface area contributed by atoms with E-state index >= 15 is 0 Å². The Kier molecular flexibility index (Phi) is 5.83. The second-order valence-electron chi connectivity index (χ2n) is 5.19. The van der Waals surface area contributed by atoms with Crippen molar-refractivity contribution in [1.82, 2.24) is 5.32 Å². The van der Waals surface area contributed by atoms with Gasteiger partial charge in [-0.05, 0) is 59.1 Å². The molecule has 0 aliphatic rings. The molecule has 0 bridgehead atoms. The van der Waals surface area contributed by atoms with E-state index in [-0.39, 0.29) is 0 Å². The van der Waals surface area contributed by atoms with Crippen LogP contribution in [0.4, 0.5) is 0 Å². The maximum Gasteiger partial charge on any atom is 0.133 e. The third-order valence-electron chi connectivity index (χ3n) is 3.59. The van der Waals surface area contributed by atoms with Crippen molar-refractivity contribution in [1.29, 1.82) is 0 Å². The molecule has 0 spiro atoms. The fourth-order valence-corrected chi connectivity index (χ4v) is 2.97. The molecule has 112 valence electrons. The molecule has 0 saturated carbocycles. The topological polar surface area (TPSA) is 21.3 Å². The average molecular weight is 348 g/mol. The van der Waals surface area contributed by atoms with Gasteiger partial charge in [0.15, 0.2) is 0 Å². The summed E-state index contributed by atoms with van der Waals surface area (Å²) in [6.45, 7) is 5.20. The van der Waals surface area contributed by atoms with E-state index in [2.05, 4.69) is 71.5 Å². The van der Waals surface area contributed by atoms with Crippen molar-refractivity contribution < 1.29 is 4.74 Å². The van der Waals surface area contributed by atoms with E-state index in [1.54, 1.807) is 7.11 Å². The highest BCUT2D eigenvalue weighted by Crippen LogP contribution is 2.29. The lowest BCUT2D eigenvalue weighted by Gasteiger charge is -2.19. The SMILES string of the molecule is CCNC(Cc1ccc(C)cc1)c1ccc(OC)c(Br)c1. The highest BCUT2D eigenvalue weighted by atomic mass is 79.9. The van der Waals surface area contributed by atoms with E-state index in [0.29, 0.717) is 6.04 Å². The number of likely N-dealkylation sites (N-methyl/N-ethyl adjacent to an activating group) is 1. The highest BCUT2D eigenvalue weighted by Gasteiger charge is 2.13. The lowest BCUT2D eigenvalue weighted by Crippen LogP contribution is -2.23. The summed E-state index contributed by atoms with van der Waals surface area (Å²) in [6, 6.07) is 15.3. The number of halogens is 1. The van der Waals surface area contributed by atoms with Gasteiger partial charge in [-0.3, -0.25) is 0 Å². The summed E-state index contributed by atoms with van der Waals surface area (Å²) in [6.07, 6.45) is 0.979. The van der Waals surface area contributed by atoms with Crippen molar-refractivity contribution in [3.63, 3.8) is 0 Å². The Morgan fingerprint density at radius 1 is 1.14 bits per heavy atom. The van der Waals surface area contributed by atoms with Crippen LogP contribution in [0.5, 0.6) is 5.75 Å². The van der Waals surface area contributed by atoms with E-state index in [0.717, 1.165) is 23.2 Å². The number of rotatable bonds is 6. The van der Waals surface area contributed by atoms with Crippen LogP contribution in [0, 0.1) is 6.92 Å². The van der Waals surface area contributed by atoms with Gasteiger partial charge in [0.05, 0.1) is 11.6 Å². The molecule has 1 atom stereocenters. The number of hydrogen-bond donors (Lipinski definition) is 1. The zero-order valence-electron chi connectivity index (χ0n) is 12.8. The maximum absolute atomic E-state index is 5.30. The van der Waals surface area contributed by atoms with Gasteiger partial charge < -0.3 is 10.1 Å². The van der Waals surface area contributed by atoms with Gasteiger partial charge in [-0.15, -0.1) is 0 Å². The van der Waals surface area contributed by atoms with E-state index in [1.165, 1.54) is 16.7 Å². The van der Waals surface area contributed by atoms with E-state index < -0.39 is 0 Å². The largest absolute Gasteiger partial charge is 0.496 e. The molecule has 0 fully saturated rings. The quantitative estimate of drug-likeness (QED) is 0.820. The van der Waals surface area contributed by atoms with Gasteiger partial charge in [-0.2, -0.15) is 0 Å². The molecule has 0 saturated heterocycles. The van der Waals surface area contributed by atoms with Crippen LogP contribution < -0.4 is 10.1 Å². The zero-order chi connectivity index (χ0) is 15.2. The van der Waals surface area contributed by atoms with E-state index in [1.807, 2.05) is 6.07 Å². The van der Waals surface area contributed by atoms with Gasteiger partial charge in [-0.1, -0.05) is 42.8 Å². The number of nitrogens with one attached hydrogen (secondary N) is 1. The summed E-state index contributed by atoms with van der Waals surface area (Å²) >= 11 is 3.57. The summed E-state index contributed by atoms with van der Waals surface area (Å²) in [5, 5.41) is 3.57. The average Bonchev–Trinajstić information content (AvgIpc) is 2.49. The number of ether oxygens (including phenoxy) is 1. The Morgan fingerprint density at radius 3 is 2.43 bits per heavy atom. The summed E-state index contributed by atoms with van der Waals surface area (Å²) in [7, 11) is 1.69. The van der Waals surface area contributed by atoms with Crippen LogP contribution in [-0.4, -0.2) is 13.7 Å². The van der Waals surface area contributed by atoms with Crippen LogP contribution in [0.25, 0.3) is 0 Å². The molecule has 1 N–H and O–H groups in total. The monoisotopic (exact) mass is 347 g/mol. The molecule has 0 aliphatic heterocycles. The molecular weight excluding hydrogens is 326 g/mol. The number of methoxy groups -OCH3 is 1. The van der Waals surface area contributed by atoms with Gasteiger partial charge >= 0.3 is 0 Å². The molecule has 0 radical (unpaired) electrons. The summed E-state index contributed by atoms with van der Waals surface area (Å²) < 4.78 is 6.30. The van der Waals surface area contributed by atoms with Crippen LogP contribution in [0.2, 0.25) is 0 Å². The number of hydrogen-bond acceptors (Lipinski definition) is 2. The van der Waals surface area contributed by atoms with Crippen LogP contribution in [0.1, 0.15) is 29.7 Å². The lowest BCUT2D eigenvalue weighted by atomic mass is 9.98. The van der Waals surface area contributed by atoms with Gasteiger partial charge in [0.2, 0.25) is 0 Å². The third-order valence-corrected chi connectivity index (χ3v) is 4.21. The minimum absolute atomic E-state index is 0.305. The number of benzene rings is 2. The zero-order valence-corrected chi connectivity index (χ0v) is 14.4. The second-order valence-corrected chi connectivity index (χ2v) is 6.05. The minimum atomic E-state index is 0.305. The molecule has 0 aromatic heterocycles. The van der Waals surface area contributed by atoms with Crippen molar-refractivity contribution in [2.45, 2.75) is 26.3 Å². The summed E-state index contributed by atoms with van der Waals surface area (Å²) in [4.78, 5) is 0. The van der Waals surface area contributed by atoms with Crippen LogP contribution in [0.15, 0.2) is 46.9 Å². The Labute approximate surface area is 135 Å². The van der Waals surface area contributed by atoms with Crippen molar-refractivity contribution >= 4 is 15.9 Å². The second kappa shape index (κ2) is 7.62. The van der Waals surface area contributed by atoms with Gasteiger partial charge in [0, 0.05) is 6.04 Å².